The quantitative estimate of drug-likeness (QED) is 0.886. The minimum Gasteiger partial charge on any atom is -0.376 e. The van der Waals surface area contributed by atoms with E-state index in [4.69, 9.17) is 9.47 Å². The lowest BCUT2D eigenvalue weighted by atomic mass is 10.1. The number of fused-ring (bicyclic) bond motifs is 1. The van der Waals surface area contributed by atoms with E-state index in [1.54, 1.807) is 6.07 Å². The van der Waals surface area contributed by atoms with Gasteiger partial charge in [-0.3, -0.25) is 4.79 Å². The number of aromatic amines is 1. The number of ether oxygens (including phenoxy) is 2. The minimum atomic E-state index is -0.308. The average Bonchev–Trinajstić information content (AvgIpc) is 3.07. The standard InChI is InChI=1S/C17H21FN2O3/c1-3-23-15-9-22-8-14(15)20-16(21)7-12-10(2)19-17-11(12)5-4-6-13(17)18/h4-6,14-15,19H,3,7-9H2,1-2H3,(H,20,21)/t14-,15-/m0/s1. The lowest BCUT2D eigenvalue weighted by Crippen LogP contribution is -2.44. The summed E-state index contributed by atoms with van der Waals surface area (Å²) >= 11 is 0. The Balaban J connectivity index is 1.73. The van der Waals surface area contributed by atoms with Crippen LogP contribution >= 0.6 is 0 Å². The summed E-state index contributed by atoms with van der Waals surface area (Å²) in [7, 11) is 0. The van der Waals surface area contributed by atoms with Gasteiger partial charge in [-0.2, -0.15) is 0 Å². The molecule has 0 unspecified atom stereocenters. The van der Waals surface area contributed by atoms with Gasteiger partial charge in [0.05, 0.1) is 31.2 Å². The molecule has 0 aliphatic carbocycles. The molecule has 1 aliphatic rings. The summed E-state index contributed by atoms with van der Waals surface area (Å²) in [5, 5.41) is 3.71. The maximum atomic E-state index is 13.8. The normalized spacial score (nSPS) is 21.0. The van der Waals surface area contributed by atoms with Crippen molar-refractivity contribution in [2.75, 3.05) is 19.8 Å². The van der Waals surface area contributed by atoms with E-state index in [-0.39, 0.29) is 30.3 Å². The summed E-state index contributed by atoms with van der Waals surface area (Å²) < 4.78 is 24.8. The van der Waals surface area contributed by atoms with E-state index in [2.05, 4.69) is 10.3 Å². The molecular weight excluding hydrogens is 299 g/mol. The lowest BCUT2D eigenvalue weighted by molar-refractivity contribution is -0.121. The largest absolute Gasteiger partial charge is 0.376 e. The predicted molar refractivity (Wildman–Crippen MR) is 84.9 cm³/mol. The molecule has 0 bridgehead atoms. The Kier molecular flexibility index (Phi) is 4.63. The van der Waals surface area contributed by atoms with Crippen LogP contribution in [0.5, 0.6) is 0 Å². The fraction of sp³-hybridized carbons (Fsp3) is 0.471. The molecule has 1 saturated heterocycles. The van der Waals surface area contributed by atoms with Gasteiger partial charge in [-0.25, -0.2) is 4.39 Å². The van der Waals surface area contributed by atoms with Gasteiger partial charge in [0, 0.05) is 17.7 Å². The van der Waals surface area contributed by atoms with E-state index in [0.29, 0.717) is 25.3 Å². The highest BCUT2D eigenvalue weighted by Gasteiger charge is 2.30. The Hall–Kier alpha value is -1.92. The fourth-order valence-electron chi connectivity index (χ4n) is 3.06. The van der Waals surface area contributed by atoms with Gasteiger partial charge in [0.1, 0.15) is 11.9 Å². The molecule has 1 aliphatic heterocycles. The average molecular weight is 320 g/mol. The van der Waals surface area contributed by atoms with Gasteiger partial charge in [-0.1, -0.05) is 12.1 Å². The number of benzene rings is 1. The highest BCUT2D eigenvalue weighted by Crippen LogP contribution is 2.24. The predicted octanol–water partition coefficient (Wildman–Crippen LogP) is 2.08. The number of hydrogen-bond acceptors (Lipinski definition) is 3. The molecule has 5 nitrogen and oxygen atoms in total. The molecule has 3 rings (SSSR count). The van der Waals surface area contributed by atoms with Crippen molar-refractivity contribution in [2.45, 2.75) is 32.4 Å². The van der Waals surface area contributed by atoms with Gasteiger partial charge in [0.2, 0.25) is 5.91 Å². The summed E-state index contributed by atoms with van der Waals surface area (Å²) in [6, 6.07) is 4.75. The summed E-state index contributed by atoms with van der Waals surface area (Å²) in [6.07, 6.45) is 0.0930. The molecule has 1 amide bonds. The van der Waals surface area contributed by atoms with Crippen LogP contribution in [-0.2, 0) is 20.7 Å². The number of carbonyl (C=O) groups is 1. The number of halogens is 1. The van der Waals surface area contributed by atoms with E-state index in [9.17, 15) is 9.18 Å². The van der Waals surface area contributed by atoms with Crippen LogP contribution in [0.1, 0.15) is 18.2 Å². The van der Waals surface area contributed by atoms with Crippen molar-refractivity contribution < 1.29 is 18.7 Å². The minimum absolute atomic E-state index is 0.106. The first-order valence-corrected chi connectivity index (χ1v) is 7.84. The number of H-pyrrole nitrogens is 1. The Bertz CT molecular complexity index is 713. The smallest absolute Gasteiger partial charge is 0.224 e. The SMILES string of the molecule is CCO[C@H]1COC[C@@H]1NC(=O)Cc1c(C)[nH]c2c(F)cccc12. The molecule has 2 heterocycles. The second kappa shape index (κ2) is 6.68. The van der Waals surface area contributed by atoms with Crippen LogP contribution < -0.4 is 5.32 Å². The topological polar surface area (TPSA) is 63.4 Å². The zero-order valence-corrected chi connectivity index (χ0v) is 13.3. The van der Waals surface area contributed by atoms with Gasteiger partial charge >= 0.3 is 0 Å². The fourth-order valence-corrected chi connectivity index (χ4v) is 3.06. The molecule has 0 spiro atoms. The van der Waals surface area contributed by atoms with Crippen molar-refractivity contribution in [1.29, 1.82) is 0 Å². The molecule has 2 aromatic rings. The summed E-state index contributed by atoms with van der Waals surface area (Å²) in [5.74, 6) is -0.420. The molecule has 124 valence electrons. The maximum absolute atomic E-state index is 13.8. The van der Waals surface area contributed by atoms with Crippen LogP contribution in [-0.4, -0.2) is 42.9 Å². The van der Waals surface area contributed by atoms with Crippen LogP contribution in [0.15, 0.2) is 18.2 Å². The number of aryl methyl sites for hydroxylation is 1. The van der Waals surface area contributed by atoms with Gasteiger partial charge < -0.3 is 19.8 Å². The third-order valence-electron chi connectivity index (χ3n) is 4.20. The molecule has 1 aromatic heterocycles. The van der Waals surface area contributed by atoms with E-state index in [1.165, 1.54) is 6.07 Å². The van der Waals surface area contributed by atoms with Crippen LogP contribution in [0.2, 0.25) is 0 Å². The Labute approximate surface area is 134 Å². The van der Waals surface area contributed by atoms with Crippen molar-refractivity contribution in [3.8, 4) is 0 Å². The zero-order valence-electron chi connectivity index (χ0n) is 13.3. The number of para-hydroxylation sites is 1. The zero-order chi connectivity index (χ0) is 16.4. The molecular formula is C17H21FN2O3. The van der Waals surface area contributed by atoms with E-state index in [1.807, 2.05) is 19.9 Å². The molecule has 0 saturated carbocycles. The number of hydrogen-bond donors (Lipinski definition) is 2. The van der Waals surface area contributed by atoms with Crippen molar-refractivity contribution >= 4 is 16.8 Å². The van der Waals surface area contributed by atoms with Crippen molar-refractivity contribution in [3.05, 3.63) is 35.3 Å². The third kappa shape index (κ3) is 3.23. The van der Waals surface area contributed by atoms with Crippen LogP contribution in [0, 0.1) is 12.7 Å². The molecule has 2 atom stereocenters. The lowest BCUT2D eigenvalue weighted by Gasteiger charge is -2.18. The summed E-state index contributed by atoms with van der Waals surface area (Å²) in [5.41, 5.74) is 2.08. The van der Waals surface area contributed by atoms with E-state index >= 15 is 0 Å². The molecule has 0 radical (unpaired) electrons. The van der Waals surface area contributed by atoms with Crippen molar-refractivity contribution in [3.63, 3.8) is 0 Å². The number of aromatic nitrogens is 1. The van der Waals surface area contributed by atoms with Gasteiger partial charge in [-0.05, 0) is 25.5 Å². The summed E-state index contributed by atoms with van der Waals surface area (Å²) in [4.78, 5) is 15.4. The Morgan fingerprint density at radius 1 is 1.48 bits per heavy atom. The first kappa shape index (κ1) is 16.0. The second-order valence-corrected chi connectivity index (χ2v) is 5.77. The van der Waals surface area contributed by atoms with Gasteiger partial charge in [0.25, 0.3) is 0 Å². The number of rotatable bonds is 5. The first-order valence-electron chi connectivity index (χ1n) is 7.84. The van der Waals surface area contributed by atoms with Crippen molar-refractivity contribution in [2.24, 2.45) is 0 Å². The first-order chi connectivity index (χ1) is 11.1. The molecule has 6 heteroatoms. The Morgan fingerprint density at radius 3 is 3.09 bits per heavy atom. The highest BCUT2D eigenvalue weighted by molar-refractivity contribution is 5.90. The molecule has 23 heavy (non-hydrogen) atoms. The van der Waals surface area contributed by atoms with Crippen LogP contribution in [0.4, 0.5) is 4.39 Å². The number of amides is 1. The second-order valence-electron chi connectivity index (χ2n) is 5.77. The van der Waals surface area contributed by atoms with Crippen LogP contribution in [0.25, 0.3) is 10.9 Å². The maximum Gasteiger partial charge on any atom is 0.224 e. The Morgan fingerprint density at radius 2 is 2.30 bits per heavy atom. The molecule has 1 aromatic carbocycles. The molecule has 1 fully saturated rings. The highest BCUT2D eigenvalue weighted by atomic mass is 19.1. The van der Waals surface area contributed by atoms with Crippen LogP contribution in [0.3, 0.4) is 0 Å². The van der Waals surface area contributed by atoms with Gasteiger partial charge in [0.15, 0.2) is 0 Å². The third-order valence-corrected chi connectivity index (χ3v) is 4.20. The van der Waals surface area contributed by atoms with E-state index in [0.717, 1.165) is 16.6 Å². The van der Waals surface area contributed by atoms with Crippen molar-refractivity contribution in [1.82, 2.24) is 10.3 Å². The van der Waals surface area contributed by atoms with E-state index < -0.39 is 0 Å². The van der Waals surface area contributed by atoms with Gasteiger partial charge in [-0.15, -0.1) is 0 Å². The summed E-state index contributed by atoms with van der Waals surface area (Å²) in [6.45, 7) is 5.31. The number of carbonyl (C=O) groups excluding carboxylic acids is 1. The number of nitrogens with one attached hydrogen (secondary N) is 2. The molecule has 2 N–H and O–H groups in total. The monoisotopic (exact) mass is 320 g/mol.